The predicted octanol–water partition coefficient (Wildman–Crippen LogP) is 2.97. The SMILES string of the molecule is CC(C)N(CC1CC1)C1(CN)CSCC(C)(C)C1. The molecule has 3 heteroatoms. The lowest BCUT2D eigenvalue weighted by Crippen LogP contribution is -2.62. The number of nitrogens with two attached hydrogens (primary N) is 1. The van der Waals surface area contributed by atoms with Gasteiger partial charge in [0.25, 0.3) is 0 Å². The summed E-state index contributed by atoms with van der Waals surface area (Å²) in [4.78, 5) is 2.73. The van der Waals surface area contributed by atoms with Gasteiger partial charge in [0.05, 0.1) is 0 Å². The van der Waals surface area contributed by atoms with E-state index in [-0.39, 0.29) is 5.54 Å². The fourth-order valence-electron chi connectivity index (χ4n) is 3.47. The molecule has 1 unspecified atom stereocenters. The van der Waals surface area contributed by atoms with E-state index < -0.39 is 0 Å². The van der Waals surface area contributed by atoms with Crippen LogP contribution in [0.3, 0.4) is 0 Å². The molecule has 2 rings (SSSR count). The molecule has 0 radical (unpaired) electrons. The van der Waals surface area contributed by atoms with Gasteiger partial charge in [-0.2, -0.15) is 11.8 Å². The topological polar surface area (TPSA) is 29.3 Å². The molecule has 2 aliphatic rings. The lowest BCUT2D eigenvalue weighted by molar-refractivity contribution is 0.0375. The second-order valence-electron chi connectivity index (χ2n) is 7.45. The molecular weight excluding hydrogens is 240 g/mol. The summed E-state index contributed by atoms with van der Waals surface area (Å²) in [7, 11) is 0. The van der Waals surface area contributed by atoms with Gasteiger partial charge >= 0.3 is 0 Å². The second kappa shape index (κ2) is 5.34. The normalized spacial score (nSPS) is 32.2. The molecule has 1 heterocycles. The first-order valence-corrected chi connectivity index (χ1v) is 8.59. The lowest BCUT2D eigenvalue weighted by atomic mass is 9.78. The third-order valence-corrected chi connectivity index (χ3v) is 6.16. The van der Waals surface area contributed by atoms with E-state index in [0.717, 1.165) is 12.5 Å². The molecule has 2 nitrogen and oxygen atoms in total. The molecule has 0 amide bonds. The van der Waals surface area contributed by atoms with Crippen molar-refractivity contribution in [3.05, 3.63) is 0 Å². The Hall–Kier alpha value is 0.270. The highest BCUT2D eigenvalue weighted by Crippen LogP contribution is 2.44. The first-order valence-electron chi connectivity index (χ1n) is 7.43. The average Bonchev–Trinajstić information content (AvgIpc) is 3.07. The van der Waals surface area contributed by atoms with Crippen molar-refractivity contribution in [1.82, 2.24) is 4.90 Å². The van der Waals surface area contributed by atoms with Crippen LogP contribution >= 0.6 is 11.8 Å². The lowest BCUT2D eigenvalue weighted by Gasteiger charge is -2.52. The van der Waals surface area contributed by atoms with E-state index in [2.05, 4.69) is 44.4 Å². The minimum atomic E-state index is 0.239. The number of thioether (sulfide) groups is 1. The smallest absolute Gasteiger partial charge is 0.0430 e. The van der Waals surface area contributed by atoms with Gasteiger partial charge in [0, 0.05) is 30.4 Å². The number of hydrogen-bond donors (Lipinski definition) is 1. The Morgan fingerprint density at radius 3 is 2.39 bits per heavy atom. The number of nitrogens with zero attached hydrogens (tertiary/aromatic N) is 1. The van der Waals surface area contributed by atoms with Gasteiger partial charge in [-0.3, -0.25) is 4.90 Å². The highest BCUT2D eigenvalue weighted by atomic mass is 32.2. The molecule has 0 bridgehead atoms. The van der Waals surface area contributed by atoms with Gasteiger partial charge in [0.2, 0.25) is 0 Å². The molecule has 1 atom stereocenters. The molecule has 2 N–H and O–H groups in total. The van der Waals surface area contributed by atoms with Crippen molar-refractivity contribution in [3.63, 3.8) is 0 Å². The third kappa shape index (κ3) is 3.23. The molecule has 1 saturated carbocycles. The molecule has 106 valence electrons. The molecule has 0 aromatic rings. The maximum absolute atomic E-state index is 6.24. The Morgan fingerprint density at radius 1 is 1.28 bits per heavy atom. The summed E-state index contributed by atoms with van der Waals surface area (Å²) in [5, 5.41) is 0. The zero-order valence-electron chi connectivity index (χ0n) is 12.5. The first kappa shape index (κ1) is 14.7. The van der Waals surface area contributed by atoms with Crippen molar-refractivity contribution >= 4 is 11.8 Å². The fraction of sp³-hybridized carbons (Fsp3) is 1.00. The standard InChI is InChI=1S/C15H30N2S/c1-12(2)17(7-13-5-6-13)15(9-16)8-14(3,4)10-18-11-15/h12-13H,5-11,16H2,1-4H3. The summed E-state index contributed by atoms with van der Waals surface area (Å²) in [6, 6.07) is 0.614. The minimum absolute atomic E-state index is 0.239. The molecular formula is C15H30N2S. The molecule has 1 saturated heterocycles. The highest BCUT2D eigenvalue weighted by Gasteiger charge is 2.45. The summed E-state index contributed by atoms with van der Waals surface area (Å²) in [6.07, 6.45) is 4.12. The Morgan fingerprint density at radius 2 is 1.94 bits per heavy atom. The van der Waals surface area contributed by atoms with Crippen LogP contribution in [-0.2, 0) is 0 Å². The molecule has 0 aromatic heterocycles. The summed E-state index contributed by atoms with van der Waals surface area (Å²) in [6.45, 7) is 11.6. The van der Waals surface area contributed by atoms with E-state index in [1.807, 2.05) is 0 Å². The van der Waals surface area contributed by atoms with Crippen LogP contribution in [0.2, 0.25) is 0 Å². The van der Waals surface area contributed by atoms with Gasteiger partial charge in [0.1, 0.15) is 0 Å². The first-order chi connectivity index (χ1) is 8.38. The van der Waals surface area contributed by atoms with Crippen LogP contribution in [0.1, 0.15) is 47.0 Å². The van der Waals surface area contributed by atoms with E-state index in [1.54, 1.807) is 0 Å². The summed E-state index contributed by atoms with van der Waals surface area (Å²) >= 11 is 2.10. The summed E-state index contributed by atoms with van der Waals surface area (Å²) in [5.41, 5.74) is 6.91. The van der Waals surface area contributed by atoms with Crippen molar-refractivity contribution in [2.75, 3.05) is 24.6 Å². The molecule has 0 spiro atoms. The van der Waals surface area contributed by atoms with Crippen LogP contribution in [0.15, 0.2) is 0 Å². The van der Waals surface area contributed by atoms with Crippen molar-refractivity contribution in [3.8, 4) is 0 Å². The van der Waals surface area contributed by atoms with E-state index in [0.29, 0.717) is 11.5 Å². The van der Waals surface area contributed by atoms with Crippen LogP contribution < -0.4 is 5.73 Å². The summed E-state index contributed by atoms with van der Waals surface area (Å²) < 4.78 is 0. The summed E-state index contributed by atoms with van der Waals surface area (Å²) in [5.74, 6) is 3.45. The van der Waals surface area contributed by atoms with Crippen LogP contribution in [0, 0.1) is 11.3 Å². The molecule has 1 aliphatic carbocycles. The van der Waals surface area contributed by atoms with Crippen LogP contribution in [0.4, 0.5) is 0 Å². The van der Waals surface area contributed by atoms with Crippen molar-refractivity contribution in [2.24, 2.45) is 17.1 Å². The highest BCUT2D eigenvalue weighted by molar-refractivity contribution is 7.99. The predicted molar refractivity (Wildman–Crippen MR) is 82.1 cm³/mol. The monoisotopic (exact) mass is 270 g/mol. The van der Waals surface area contributed by atoms with Crippen LogP contribution in [-0.4, -0.2) is 41.1 Å². The Bertz CT molecular complexity index is 286. The molecule has 2 fully saturated rings. The van der Waals surface area contributed by atoms with Gasteiger partial charge in [-0.05, 0) is 50.2 Å². The van der Waals surface area contributed by atoms with Crippen molar-refractivity contribution in [2.45, 2.75) is 58.5 Å². The molecule has 18 heavy (non-hydrogen) atoms. The molecule has 1 aliphatic heterocycles. The van der Waals surface area contributed by atoms with E-state index in [4.69, 9.17) is 5.73 Å². The zero-order chi connectivity index (χ0) is 13.4. The van der Waals surface area contributed by atoms with E-state index in [9.17, 15) is 0 Å². The van der Waals surface area contributed by atoms with Gasteiger partial charge in [-0.25, -0.2) is 0 Å². The van der Waals surface area contributed by atoms with Crippen LogP contribution in [0.25, 0.3) is 0 Å². The van der Waals surface area contributed by atoms with Gasteiger partial charge in [0.15, 0.2) is 0 Å². The fourth-order valence-corrected chi connectivity index (χ4v) is 5.00. The minimum Gasteiger partial charge on any atom is -0.329 e. The van der Waals surface area contributed by atoms with E-state index >= 15 is 0 Å². The third-order valence-electron chi connectivity index (χ3n) is 4.44. The quantitative estimate of drug-likeness (QED) is 0.833. The number of hydrogen-bond acceptors (Lipinski definition) is 3. The van der Waals surface area contributed by atoms with Gasteiger partial charge < -0.3 is 5.73 Å². The van der Waals surface area contributed by atoms with Crippen molar-refractivity contribution < 1.29 is 0 Å². The largest absolute Gasteiger partial charge is 0.329 e. The molecule has 0 aromatic carbocycles. The Balaban J connectivity index is 2.16. The Labute approximate surface area is 117 Å². The second-order valence-corrected chi connectivity index (χ2v) is 8.44. The number of rotatable bonds is 5. The average molecular weight is 270 g/mol. The van der Waals surface area contributed by atoms with Gasteiger partial charge in [-0.1, -0.05) is 13.8 Å². The van der Waals surface area contributed by atoms with E-state index in [1.165, 1.54) is 37.3 Å². The van der Waals surface area contributed by atoms with Gasteiger partial charge in [-0.15, -0.1) is 0 Å². The zero-order valence-corrected chi connectivity index (χ0v) is 13.4. The maximum Gasteiger partial charge on any atom is 0.0430 e. The Kier molecular flexibility index (Phi) is 4.35. The maximum atomic E-state index is 6.24. The van der Waals surface area contributed by atoms with Crippen molar-refractivity contribution in [1.29, 1.82) is 0 Å². The van der Waals surface area contributed by atoms with Crippen LogP contribution in [0.5, 0.6) is 0 Å².